The number of carbonyl (C=O) groups excluding carboxylic acids is 2. The molecular formula is C16H24N2O2S. The van der Waals surface area contributed by atoms with Crippen LogP contribution in [0.15, 0.2) is 17.5 Å². The van der Waals surface area contributed by atoms with Crippen LogP contribution in [0.4, 0.5) is 0 Å². The fraction of sp³-hybridized carbons (Fsp3) is 0.625. The van der Waals surface area contributed by atoms with Gasteiger partial charge in [-0.05, 0) is 31.2 Å². The van der Waals surface area contributed by atoms with Crippen LogP contribution in [-0.2, 0) is 16.0 Å². The summed E-state index contributed by atoms with van der Waals surface area (Å²) in [6, 6.07) is 3.47. The molecule has 5 heteroatoms. The summed E-state index contributed by atoms with van der Waals surface area (Å²) in [7, 11) is 0. The van der Waals surface area contributed by atoms with Gasteiger partial charge in [0.05, 0.1) is 0 Å². The standard InChI is InChI=1S/C16H24N2O2S/c1-4-7-13-16(20)18(14(5-2)15(19)17-13)11(3)10-12-8-6-9-21-12/h6,8-9,11,13-14H,4-5,7,10H2,1-3H3,(H,17,19). The Labute approximate surface area is 130 Å². The second-order valence-corrected chi connectivity index (χ2v) is 6.68. The molecule has 0 saturated carbocycles. The van der Waals surface area contributed by atoms with Crippen molar-refractivity contribution in [2.75, 3.05) is 0 Å². The first-order valence-corrected chi connectivity index (χ1v) is 8.61. The van der Waals surface area contributed by atoms with Gasteiger partial charge < -0.3 is 10.2 Å². The Morgan fingerprint density at radius 1 is 1.38 bits per heavy atom. The molecule has 2 amide bonds. The molecule has 1 fully saturated rings. The molecule has 0 aromatic carbocycles. The van der Waals surface area contributed by atoms with E-state index in [0.717, 1.165) is 12.8 Å². The molecule has 21 heavy (non-hydrogen) atoms. The van der Waals surface area contributed by atoms with E-state index in [4.69, 9.17) is 0 Å². The van der Waals surface area contributed by atoms with E-state index >= 15 is 0 Å². The second-order valence-electron chi connectivity index (χ2n) is 5.65. The lowest BCUT2D eigenvalue weighted by atomic mass is 9.98. The Morgan fingerprint density at radius 3 is 2.71 bits per heavy atom. The average Bonchev–Trinajstić information content (AvgIpc) is 2.95. The van der Waals surface area contributed by atoms with Crippen molar-refractivity contribution in [3.8, 4) is 0 Å². The third kappa shape index (κ3) is 3.46. The summed E-state index contributed by atoms with van der Waals surface area (Å²) in [6.45, 7) is 6.04. The van der Waals surface area contributed by atoms with E-state index in [1.54, 1.807) is 11.3 Å². The van der Waals surface area contributed by atoms with Crippen LogP contribution in [0.1, 0.15) is 44.9 Å². The average molecular weight is 308 g/mol. The topological polar surface area (TPSA) is 49.4 Å². The molecule has 116 valence electrons. The zero-order chi connectivity index (χ0) is 15.4. The van der Waals surface area contributed by atoms with Crippen LogP contribution < -0.4 is 5.32 Å². The highest BCUT2D eigenvalue weighted by Gasteiger charge is 2.41. The highest BCUT2D eigenvalue weighted by atomic mass is 32.1. The van der Waals surface area contributed by atoms with Gasteiger partial charge in [0, 0.05) is 17.3 Å². The van der Waals surface area contributed by atoms with E-state index in [-0.39, 0.29) is 29.9 Å². The molecule has 1 N–H and O–H groups in total. The van der Waals surface area contributed by atoms with Crippen molar-refractivity contribution in [1.82, 2.24) is 10.2 Å². The van der Waals surface area contributed by atoms with Gasteiger partial charge in [0.15, 0.2) is 0 Å². The van der Waals surface area contributed by atoms with Gasteiger partial charge in [-0.15, -0.1) is 11.3 Å². The van der Waals surface area contributed by atoms with E-state index in [9.17, 15) is 9.59 Å². The number of thiophene rings is 1. The van der Waals surface area contributed by atoms with Gasteiger partial charge in [-0.25, -0.2) is 0 Å². The van der Waals surface area contributed by atoms with Gasteiger partial charge in [-0.3, -0.25) is 9.59 Å². The van der Waals surface area contributed by atoms with Crippen LogP contribution in [0, 0.1) is 0 Å². The lowest BCUT2D eigenvalue weighted by molar-refractivity contribution is -0.152. The van der Waals surface area contributed by atoms with Crippen molar-refractivity contribution >= 4 is 23.2 Å². The molecule has 1 saturated heterocycles. The molecule has 1 aromatic rings. The molecule has 0 aliphatic carbocycles. The fourth-order valence-corrected chi connectivity index (χ4v) is 3.83. The quantitative estimate of drug-likeness (QED) is 0.878. The maximum absolute atomic E-state index is 12.7. The molecule has 2 heterocycles. The largest absolute Gasteiger partial charge is 0.343 e. The predicted molar refractivity (Wildman–Crippen MR) is 85.2 cm³/mol. The van der Waals surface area contributed by atoms with Crippen molar-refractivity contribution in [3.63, 3.8) is 0 Å². The van der Waals surface area contributed by atoms with Crippen LogP contribution in [0.2, 0.25) is 0 Å². The van der Waals surface area contributed by atoms with Gasteiger partial charge in [-0.1, -0.05) is 26.3 Å². The van der Waals surface area contributed by atoms with E-state index in [2.05, 4.69) is 11.4 Å². The van der Waals surface area contributed by atoms with Gasteiger partial charge in [0.25, 0.3) is 0 Å². The van der Waals surface area contributed by atoms with Gasteiger partial charge >= 0.3 is 0 Å². The summed E-state index contributed by atoms with van der Waals surface area (Å²) >= 11 is 1.70. The van der Waals surface area contributed by atoms with Crippen molar-refractivity contribution in [2.24, 2.45) is 0 Å². The zero-order valence-electron chi connectivity index (χ0n) is 13.0. The van der Waals surface area contributed by atoms with Gasteiger partial charge in [0.2, 0.25) is 11.8 Å². The molecule has 4 nitrogen and oxygen atoms in total. The SMILES string of the molecule is CCCC1NC(=O)C(CC)N(C(C)Cc2cccs2)C1=O. The summed E-state index contributed by atoms with van der Waals surface area (Å²) in [6.07, 6.45) is 3.07. The van der Waals surface area contributed by atoms with Crippen LogP contribution in [-0.4, -0.2) is 34.8 Å². The normalized spacial score (nSPS) is 24.0. The third-order valence-electron chi connectivity index (χ3n) is 4.02. The van der Waals surface area contributed by atoms with E-state index in [0.29, 0.717) is 12.8 Å². The van der Waals surface area contributed by atoms with Crippen LogP contribution in [0.25, 0.3) is 0 Å². The summed E-state index contributed by atoms with van der Waals surface area (Å²) in [5.74, 6) is 0.0703. The van der Waals surface area contributed by atoms with Gasteiger partial charge in [-0.2, -0.15) is 0 Å². The van der Waals surface area contributed by atoms with E-state index in [1.807, 2.05) is 37.1 Å². The number of amides is 2. The Morgan fingerprint density at radius 2 is 2.14 bits per heavy atom. The van der Waals surface area contributed by atoms with E-state index in [1.165, 1.54) is 4.88 Å². The number of nitrogens with zero attached hydrogens (tertiary/aromatic N) is 1. The van der Waals surface area contributed by atoms with Crippen molar-refractivity contribution in [3.05, 3.63) is 22.4 Å². The minimum atomic E-state index is -0.351. The number of piperazine rings is 1. The zero-order valence-corrected chi connectivity index (χ0v) is 13.8. The smallest absolute Gasteiger partial charge is 0.246 e. The Bertz CT molecular complexity index is 486. The Kier molecular flexibility index (Phi) is 5.39. The van der Waals surface area contributed by atoms with Crippen LogP contribution in [0.3, 0.4) is 0 Å². The summed E-state index contributed by atoms with van der Waals surface area (Å²) in [5.41, 5.74) is 0. The molecule has 3 atom stereocenters. The van der Waals surface area contributed by atoms with Crippen molar-refractivity contribution in [2.45, 2.75) is 64.6 Å². The maximum Gasteiger partial charge on any atom is 0.246 e. The number of hydrogen-bond acceptors (Lipinski definition) is 3. The van der Waals surface area contributed by atoms with Crippen LogP contribution >= 0.6 is 11.3 Å². The minimum absolute atomic E-state index is 0.00594. The molecule has 3 unspecified atom stereocenters. The third-order valence-corrected chi connectivity index (χ3v) is 4.92. The highest BCUT2D eigenvalue weighted by Crippen LogP contribution is 2.22. The number of hydrogen-bond donors (Lipinski definition) is 1. The Balaban J connectivity index is 2.18. The number of nitrogens with one attached hydrogen (secondary N) is 1. The fourth-order valence-electron chi connectivity index (χ4n) is 3.00. The lowest BCUT2D eigenvalue weighted by Crippen LogP contribution is -2.65. The highest BCUT2D eigenvalue weighted by molar-refractivity contribution is 7.09. The molecule has 1 aromatic heterocycles. The number of carbonyl (C=O) groups is 2. The maximum atomic E-state index is 12.7. The monoisotopic (exact) mass is 308 g/mol. The summed E-state index contributed by atoms with van der Waals surface area (Å²) < 4.78 is 0. The first kappa shape index (κ1) is 16.0. The molecule has 0 radical (unpaired) electrons. The van der Waals surface area contributed by atoms with E-state index < -0.39 is 0 Å². The molecule has 0 bridgehead atoms. The molecule has 1 aliphatic rings. The molecule has 2 rings (SSSR count). The van der Waals surface area contributed by atoms with Crippen molar-refractivity contribution in [1.29, 1.82) is 0 Å². The van der Waals surface area contributed by atoms with Crippen LogP contribution in [0.5, 0.6) is 0 Å². The second kappa shape index (κ2) is 7.07. The molecular weight excluding hydrogens is 284 g/mol. The molecule has 0 spiro atoms. The minimum Gasteiger partial charge on any atom is -0.343 e. The Hall–Kier alpha value is -1.36. The predicted octanol–water partition coefficient (Wildman–Crippen LogP) is 2.58. The van der Waals surface area contributed by atoms with Crippen molar-refractivity contribution < 1.29 is 9.59 Å². The summed E-state index contributed by atoms with van der Waals surface area (Å²) in [5, 5.41) is 4.93. The first-order valence-electron chi connectivity index (χ1n) is 7.73. The molecule has 1 aliphatic heterocycles. The number of rotatable bonds is 6. The van der Waals surface area contributed by atoms with Gasteiger partial charge in [0.1, 0.15) is 12.1 Å². The first-order chi connectivity index (χ1) is 10.1. The lowest BCUT2D eigenvalue weighted by Gasteiger charge is -2.42. The summed E-state index contributed by atoms with van der Waals surface area (Å²) in [4.78, 5) is 28.1.